The van der Waals surface area contributed by atoms with Crippen LogP contribution in [0.2, 0.25) is 0 Å². The Morgan fingerprint density at radius 3 is 2.44 bits per heavy atom. The molecule has 144 valence electrons. The molecule has 3 rings (SSSR count). The number of anilines is 1. The molecule has 1 saturated carbocycles. The van der Waals surface area contributed by atoms with E-state index in [4.69, 9.17) is 5.14 Å². The van der Waals surface area contributed by atoms with Gasteiger partial charge in [0.1, 0.15) is 0 Å². The van der Waals surface area contributed by atoms with E-state index in [0.717, 1.165) is 36.8 Å². The zero-order valence-corrected chi connectivity index (χ0v) is 16.6. The predicted octanol–water partition coefficient (Wildman–Crippen LogP) is 3.66. The fourth-order valence-electron chi connectivity index (χ4n) is 4.01. The van der Waals surface area contributed by atoms with Crippen LogP contribution >= 0.6 is 0 Å². The van der Waals surface area contributed by atoms with Crippen molar-refractivity contribution in [1.82, 2.24) is 0 Å². The van der Waals surface area contributed by atoms with Crippen molar-refractivity contribution in [3.05, 3.63) is 59.2 Å². The van der Waals surface area contributed by atoms with Gasteiger partial charge in [0.05, 0.1) is 10.3 Å². The number of amides is 1. The molecule has 3 N–H and O–H groups in total. The summed E-state index contributed by atoms with van der Waals surface area (Å²) < 4.78 is 23.8. The van der Waals surface area contributed by atoms with Gasteiger partial charge in [-0.25, -0.2) is 13.6 Å². The second-order valence-electron chi connectivity index (χ2n) is 7.33. The number of sulfonamides is 1. The van der Waals surface area contributed by atoms with E-state index < -0.39 is 15.4 Å². The van der Waals surface area contributed by atoms with E-state index in [1.807, 2.05) is 32.0 Å². The van der Waals surface area contributed by atoms with Gasteiger partial charge in [-0.15, -0.1) is 0 Å². The maximum Gasteiger partial charge on any atom is 0.238 e. The number of aryl methyl sites for hydroxylation is 2. The van der Waals surface area contributed by atoms with Crippen LogP contribution in [-0.2, 0) is 26.7 Å². The average Bonchev–Trinajstić information content (AvgIpc) is 3.12. The van der Waals surface area contributed by atoms with Crippen LogP contribution in [0.4, 0.5) is 5.69 Å². The Kier molecular flexibility index (Phi) is 5.40. The van der Waals surface area contributed by atoms with Crippen LogP contribution in [-0.4, -0.2) is 14.3 Å². The molecule has 0 atom stereocenters. The number of nitrogens with one attached hydrogen (secondary N) is 1. The van der Waals surface area contributed by atoms with Crippen molar-refractivity contribution in [1.29, 1.82) is 0 Å². The van der Waals surface area contributed by atoms with Crippen molar-refractivity contribution in [2.24, 2.45) is 5.14 Å². The Bertz CT molecular complexity index is 961. The molecule has 0 saturated heterocycles. The molecule has 0 spiro atoms. The summed E-state index contributed by atoms with van der Waals surface area (Å²) in [6.45, 7) is 3.89. The molecule has 5 nitrogen and oxygen atoms in total. The molecule has 0 bridgehead atoms. The lowest BCUT2D eigenvalue weighted by Gasteiger charge is -2.29. The Morgan fingerprint density at radius 2 is 1.85 bits per heavy atom. The highest BCUT2D eigenvalue weighted by Crippen LogP contribution is 2.42. The summed E-state index contributed by atoms with van der Waals surface area (Å²) in [5.74, 6) is -0.0878. The van der Waals surface area contributed by atoms with Crippen LogP contribution < -0.4 is 10.5 Å². The number of hydrogen-bond donors (Lipinski definition) is 2. The molecule has 1 aliphatic rings. The predicted molar refractivity (Wildman–Crippen MR) is 107 cm³/mol. The highest BCUT2D eigenvalue weighted by molar-refractivity contribution is 7.89. The average molecular weight is 387 g/mol. The molecule has 2 aromatic rings. The number of primary sulfonamides is 1. The van der Waals surface area contributed by atoms with Gasteiger partial charge in [0.2, 0.25) is 15.9 Å². The summed E-state index contributed by atoms with van der Waals surface area (Å²) in [7, 11) is -3.85. The minimum Gasteiger partial charge on any atom is -0.325 e. The Hall–Kier alpha value is -2.18. The molecule has 1 amide bonds. The molecule has 0 aromatic heterocycles. The van der Waals surface area contributed by atoms with Gasteiger partial charge in [-0.3, -0.25) is 4.79 Å². The molecular weight excluding hydrogens is 360 g/mol. The minimum atomic E-state index is -3.85. The topological polar surface area (TPSA) is 89.3 Å². The van der Waals surface area contributed by atoms with E-state index in [-0.39, 0.29) is 10.8 Å². The molecule has 27 heavy (non-hydrogen) atoms. The zero-order valence-electron chi connectivity index (χ0n) is 15.8. The molecular formula is C21H26N2O3S. The first-order valence-corrected chi connectivity index (χ1v) is 10.9. The van der Waals surface area contributed by atoms with Gasteiger partial charge in [0.15, 0.2) is 0 Å². The van der Waals surface area contributed by atoms with E-state index in [2.05, 4.69) is 11.4 Å². The standard InChI is InChI=1S/C21H26N2O3S/c1-3-16-9-10-18(14-19(16)27(22,25)26)23-20(24)21(11-4-5-12-21)17-8-6-7-15(2)13-17/h6-10,13-14H,3-5,11-12H2,1-2H3,(H,23,24)(H2,22,25,26). The highest BCUT2D eigenvalue weighted by atomic mass is 32.2. The molecule has 2 aromatic carbocycles. The number of benzene rings is 2. The molecule has 0 aliphatic heterocycles. The van der Waals surface area contributed by atoms with Gasteiger partial charge in [-0.1, -0.05) is 55.7 Å². The second-order valence-corrected chi connectivity index (χ2v) is 8.86. The lowest BCUT2D eigenvalue weighted by molar-refractivity contribution is -0.121. The van der Waals surface area contributed by atoms with Gasteiger partial charge in [0, 0.05) is 5.69 Å². The maximum absolute atomic E-state index is 13.3. The fourth-order valence-corrected chi connectivity index (χ4v) is 4.88. The van der Waals surface area contributed by atoms with Crippen LogP contribution in [0.1, 0.15) is 49.3 Å². The third kappa shape index (κ3) is 3.92. The number of carbonyl (C=O) groups is 1. The van der Waals surface area contributed by atoms with Crippen molar-refractivity contribution in [3.63, 3.8) is 0 Å². The normalized spacial score (nSPS) is 16.3. The van der Waals surface area contributed by atoms with Crippen molar-refractivity contribution in [3.8, 4) is 0 Å². The highest BCUT2D eigenvalue weighted by Gasteiger charge is 2.42. The summed E-state index contributed by atoms with van der Waals surface area (Å²) in [6, 6.07) is 13.0. The lowest BCUT2D eigenvalue weighted by atomic mass is 9.77. The van der Waals surface area contributed by atoms with Crippen LogP contribution in [0.15, 0.2) is 47.4 Å². The molecule has 1 fully saturated rings. The summed E-state index contributed by atoms with van der Waals surface area (Å²) in [5.41, 5.74) is 2.67. The van der Waals surface area contributed by atoms with Crippen LogP contribution in [0, 0.1) is 6.92 Å². The number of rotatable bonds is 5. The molecule has 1 aliphatic carbocycles. The van der Waals surface area contributed by atoms with Crippen LogP contribution in [0.3, 0.4) is 0 Å². The number of nitrogens with two attached hydrogens (primary N) is 1. The summed E-state index contributed by atoms with van der Waals surface area (Å²) >= 11 is 0. The van der Waals surface area contributed by atoms with E-state index in [1.165, 1.54) is 6.07 Å². The quantitative estimate of drug-likeness (QED) is 0.822. The third-order valence-electron chi connectivity index (χ3n) is 5.47. The first-order chi connectivity index (χ1) is 12.8. The maximum atomic E-state index is 13.3. The summed E-state index contributed by atoms with van der Waals surface area (Å²) in [4.78, 5) is 13.3. The Balaban J connectivity index is 1.96. The van der Waals surface area contributed by atoms with Crippen molar-refractivity contribution in [2.75, 3.05) is 5.32 Å². The van der Waals surface area contributed by atoms with E-state index in [1.54, 1.807) is 12.1 Å². The van der Waals surface area contributed by atoms with Gasteiger partial charge >= 0.3 is 0 Å². The number of hydrogen-bond acceptors (Lipinski definition) is 3. The largest absolute Gasteiger partial charge is 0.325 e. The van der Waals surface area contributed by atoms with E-state index >= 15 is 0 Å². The number of carbonyl (C=O) groups excluding carboxylic acids is 1. The second kappa shape index (κ2) is 7.44. The van der Waals surface area contributed by atoms with Crippen molar-refractivity contribution < 1.29 is 13.2 Å². The zero-order chi connectivity index (χ0) is 19.7. The molecule has 0 heterocycles. The molecule has 6 heteroatoms. The SMILES string of the molecule is CCc1ccc(NC(=O)C2(c3cccc(C)c3)CCCC2)cc1S(N)(=O)=O. The lowest BCUT2D eigenvalue weighted by Crippen LogP contribution is -2.38. The van der Waals surface area contributed by atoms with E-state index in [0.29, 0.717) is 17.7 Å². The minimum absolute atomic E-state index is 0.0684. The Morgan fingerprint density at radius 1 is 1.15 bits per heavy atom. The van der Waals surface area contributed by atoms with Gasteiger partial charge in [0.25, 0.3) is 0 Å². The summed E-state index contributed by atoms with van der Waals surface area (Å²) in [5, 5.41) is 8.30. The smallest absolute Gasteiger partial charge is 0.238 e. The van der Waals surface area contributed by atoms with Crippen molar-refractivity contribution in [2.45, 2.75) is 56.3 Å². The molecule has 0 unspecified atom stereocenters. The van der Waals surface area contributed by atoms with Gasteiger partial charge in [-0.05, 0) is 49.4 Å². The molecule has 0 radical (unpaired) electrons. The summed E-state index contributed by atoms with van der Waals surface area (Å²) in [6.07, 6.45) is 4.12. The first kappa shape index (κ1) is 19.6. The monoisotopic (exact) mass is 386 g/mol. The fraction of sp³-hybridized carbons (Fsp3) is 0.381. The van der Waals surface area contributed by atoms with Crippen LogP contribution in [0.5, 0.6) is 0 Å². The van der Waals surface area contributed by atoms with Gasteiger partial charge < -0.3 is 5.32 Å². The van der Waals surface area contributed by atoms with Gasteiger partial charge in [-0.2, -0.15) is 0 Å². The third-order valence-corrected chi connectivity index (χ3v) is 6.47. The Labute approximate surface area is 161 Å². The first-order valence-electron chi connectivity index (χ1n) is 9.30. The van der Waals surface area contributed by atoms with Crippen LogP contribution in [0.25, 0.3) is 0 Å². The van der Waals surface area contributed by atoms with Crippen molar-refractivity contribution >= 4 is 21.6 Å². The van der Waals surface area contributed by atoms with E-state index in [9.17, 15) is 13.2 Å².